The minimum absolute atomic E-state index is 0.0300. The van der Waals surface area contributed by atoms with Crippen molar-refractivity contribution in [3.8, 4) is 0 Å². The van der Waals surface area contributed by atoms with Crippen molar-refractivity contribution in [2.45, 2.75) is 220 Å². The molecular weight excluding hydrogens is 1970 g/mol. The molecule has 0 radical (unpaired) electrons. The third-order valence-corrected chi connectivity index (χ3v) is 37.4. The van der Waals surface area contributed by atoms with Gasteiger partial charge in [-0.3, -0.25) is 47.6 Å². The highest BCUT2D eigenvalue weighted by Crippen LogP contribution is 2.52. The highest BCUT2D eigenvalue weighted by Gasteiger charge is 2.59. The van der Waals surface area contributed by atoms with E-state index >= 15 is 0 Å². The van der Waals surface area contributed by atoms with E-state index in [4.69, 9.17) is 15.3 Å². The van der Waals surface area contributed by atoms with E-state index in [-0.39, 0.29) is 139 Å². The predicted octanol–water partition coefficient (Wildman–Crippen LogP) is 9.94. The summed E-state index contributed by atoms with van der Waals surface area (Å²) >= 11 is 0. The Hall–Kier alpha value is -11.2. The van der Waals surface area contributed by atoms with Crippen LogP contribution in [0.25, 0.3) is 0 Å². The van der Waals surface area contributed by atoms with Gasteiger partial charge in [-0.05, 0) is 249 Å². The summed E-state index contributed by atoms with van der Waals surface area (Å²) < 4.78 is 242. The summed E-state index contributed by atoms with van der Waals surface area (Å²) in [4.78, 5) is 61.3. The molecule has 5 heterocycles. The molecule has 0 saturated heterocycles. The molecule has 143 heavy (non-hydrogen) atoms. The molecule has 0 amide bonds. The lowest BCUT2D eigenvalue weighted by molar-refractivity contribution is 0.0858. The summed E-state index contributed by atoms with van der Waals surface area (Å²) in [5.41, 5.74) is 5.56. The van der Waals surface area contributed by atoms with E-state index < -0.39 is 164 Å². The third kappa shape index (κ3) is 26.0. The van der Waals surface area contributed by atoms with Gasteiger partial charge in [0.2, 0.25) is 50.1 Å². The van der Waals surface area contributed by atoms with Gasteiger partial charge >= 0.3 is 0 Å². The van der Waals surface area contributed by atoms with Gasteiger partial charge in [-0.25, -0.2) is 72.8 Å². The van der Waals surface area contributed by atoms with Crippen LogP contribution in [-0.4, -0.2) is 170 Å². The topological polar surface area (TPSA) is 482 Å². The number of anilines is 5. The average molecular weight is 2100 g/mol. The van der Waals surface area contributed by atoms with Gasteiger partial charge in [-0.1, -0.05) is 60.7 Å². The van der Waals surface area contributed by atoms with Crippen molar-refractivity contribution in [1.82, 2.24) is 22.8 Å². The first kappa shape index (κ1) is 112. The standard InChI is InChI=1S/2C21H27FN2O5S.C20H24F2N2O5S.C20H25FN2O4S.C17H18F2N2O3S/c2*1-13-4-5-15(17(22)8-13)10-19-18(9-14(2)20(27)24(19)3)23-30(28,29)21(6-7-21)11-16(26)12-25;1-12-3-4-13(15(21)7-12)8-18-17(9-16(22)19(27)24(18)2)23-30(28,29)20(5-6-20)10-14(26)11-25;1-13-4-5-15(16(21)10-13)12-18-17(11-14(2)19(25)23(18)3)22-28(26,27)20(6-7-20)8-9-24;1-10-3-4-11(13(18)7-10)8-16-15(9-14(19)17(22)21(16)2)20-25(23,24)12-5-6-12/h2*4-5,8-9,16,23,25-26H,6-7,10-12H2,1-3H3;3-4,7,9,14,23,25-26H,5-6,8,10-11H2,1-2H3;4-5,10-11,22,24H,6-9,12H2,1-3H3;3-4,7,9,12,20H,5-6,8H2,1-2H3/t2*16-;14-;;/m101../s1. The molecule has 5 aliphatic rings. The molecule has 0 bridgehead atoms. The molecular formula is C99H121F7N10O22S5. The lowest BCUT2D eigenvalue weighted by Gasteiger charge is -2.22. The Kier molecular flexibility index (Phi) is 34.8. The molecule has 5 fully saturated rings. The molecule has 3 atom stereocenters. The number of sulfonamides is 5. The summed E-state index contributed by atoms with van der Waals surface area (Å²) in [7, 11) is -12.1. The Balaban J connectivity index is 0.000000171. The maximum absolute atomic E-state index is 14.4. The fourth-order valence-electron chi connectivity index (χ4n) is 16.9. The second-order valence-corrected chi connectivity index (χ2v) is 48.3. The fourth-order valence-corrected chi connectivity index (χ4v) is 25.2. The normalized spacial score (nSPS) is 15.9. The number of hydrogen-bond acceptors (Lipinski definition) is 22. The number of aromatic nitrogens is 5. The minimum atomic E-state index is -4.08. The van der Waals surface area contributed by atoms with Crippen LogP contribution in [0.1, 0.15) is 191 Å². The smallest absolute Gasteiger partial charge is 0.286 e. The molecule has 32 nitrogen and oxygen atoms in total. The molecule has 5 saturated carbocycles. The van der Waals surface area contributed by atoms with Crippen LogP contribution in [0, 0.1) is 96.1 Å². The first-order valence-corrected chi connectivity index (χ1v) is 53.4. The zero-order valence-corrected chi connectivity index (χ0v) is 85.4. The van der Waals surface area contributed by atoms with Crippen LogP contribution < -0.4 is 51.4 Å². The van der Waals surface area contributed by atoms with Crippen molar-refractivity contribution in [2.75, 3.05) is 50.0 Å². The fraction of sp³-hybridized carbons (Fsp3) is 0.444. The molecule has 5 aromatic heterocycles. The Labute approximate surface area is 824 Å². The predicted molar refractivity (Wildman–Crippen MR) is 531 cm³/mol. The van der Waals surface area contributed by atoms with Gasteiger partial charge in [0.05, 0.1) is 90.8 Å². The van der Waals surface area contributed by atoms with E-state index in [1.165, 1.54) is 96.5 Å². The number of aliphatic hydroxyl groups is 7. The van der Waals surface area contributed by atoms with E-state index in [1.807, 2.05) is 0 Å². The molecule has 5 aromatic carbocycles. The van der Waals surface area contributed by atoms with E-state index in [0.29, 0.717) is 113 Å². The van der Waals surface area contributed by atoms with Gasteiger partial charge in [0.25, 0.3) is 27.8 Å². The van der Waals surface area contributed by atoms with Crippen LogP contribution in [0.15, 0.2) is 145 Å². The van der Waals surface area contributed by atoms with Gasteiger partial charge < -0.3 is 58.6 Å². The number of pyridine rings is 5. The SMILES string of the molecule is Cc1ccc(Cc2c(NS(=O)(=O)C3(CCO)CC3)cc(C)c(=O)n2C)c(F)c1.Cc1ccc(Cc2c(NS(=O)(=O)C3(C[C@@H](O)CO)CC3)cc(C)c(=O)n2C)c(F)c1.Cc1ccc(Cc2c(NS(=O)(=O)C3(C[C@@H](O)CO)CC3)cc(F)c(=O)n2C)c(F)c1.Cc1ccc(Cc2c(NS(=O)(=O)C3(C[C@H](O)CO)CC3)cc(C)c(=O)n2C)c(F)c1.Cc1ccc(Cc2c(NS(=O)(=O)C3CC3)cc(F)c(=O)n2C)c(F)c1. The number of halogens is 7. The summed E-state index contributed by atoms with van der Waals surface area (Å²) in [6.45, 7) is 11.7. The van der Waals surface area contributed by atoms with E-state index in [9.17, 15) is 117 Å². The number of nitrogens with one attached hydrogen (secondary N) is 5. The number of aryl methyl sites for hydroxylation is 8. The van der Waals surface area contributed by atoms with Crippen molar-refractivity contribution >= 4 is 78.6 Å². The molecule has 778 valence electrons. The minimum Gasteiger partial charge on any atom is -0.396 e. The maximum atomic E-state index is 14.4. The molecule has 12 N–H and O–H groups in total. The number of hydrogen-bond donors (Lipinski definition) is 12. The summed E-state index contributed by atoms with van der Waals surface area (Å²) in [6, 6.07) is 29.6. The van der Waals surface area contributed by atoms with Gasteiger partial charge in [0, 0.05) is 131 Å². The third-order valence-electron chi connectivity index (χ3n) is 26.7. The lowest BCUT2D eigenvalue weighted by atomic mass is 10.0. The molecule has 10 aromatic rings. The zero-order chi connectivity index (χ0) is 106. The van der Waals surface area contributed by atoms with Crippen LogP contribution >= 0.6 is 0 Å². The van der Waals surface area contributed by atoms with Crippen molar-refractivity contribution in [1.29, 1.82) is 0 Å². The van der Waals surface area contributed by atoms with Crippen molar-refractivity contribution in [3.63, 3.8) is 0 Å². The summed E-state index contributed by atoms with van der Waals surface area (Å²) in [5, 5.41) is 65.2. The van der Waals surface area contributed by atoms with Gasteiger partial charge in [-0.2, -0.15) is 0 Å². The van der Waals surface area contributed by atoms with Crippen molar-refractivity contribution in [3.05, 3.63) is 315 Å². The second kappa shape index (κ2) is 44.4. The molecule has 0 unspecified atom stereocenters. The number of benzene rings is 5. The average Bonchev–Trinajstić information content (AvgIpc) is 1.60. The van der Waals surface area contributed by atoms with Crippen molar-refractivity contribution in [2.24, 2.45) is 35.2 Å². The van der Waals surface area contributed by atoms with Crippen LogP contribution in [0.3, 0.4) is 0 Å². The van der Waals surface area contributed by atoms with Gasteiger partial charge in [-0.15, -0.1) is 0 Å². The first-order chi connectivity index (χ1) is 66.8. The van der Waals surface area contributed by atoms with Crippen LogP contribution in [0.2, 0.25) is 0 Å². The first-order valence-electron chi connectivity index (χ1n) is 46.0. The number of nitrogens with zero attached hydrogens (tertiary/aromatic N) is 5. The largest absolute Gasteiger partial charge is 0.396 e. The Morgan fingerprint density at radius 3 is 0.720 bits per heavy atom. The van der Waals surface area contributed by atoms with Crippen LogP contribution in [-0.2, 0) is 117 Å². The van der Waals surface area contributed by atoms with Gasteiger partial charge in [0.15, 0.2) is 11.6 Å². The van der Waals surface area contributed by atoms with Crippen LogP contribution in [0.5, 0.6) is 0 Å². The highest BCUT2D eigenvalue weighted by molar-refractivity contribution is 7.95. The van der Waals surface area contributed by atoms with Crippen LogP contribution in [0.4, 0.5) is 59.2 Å². The summed E-state index contributed by atoms with van der Waals surface area (Å²) in [6.07, 6.45) is 0.391. The van der Waals surface area contributed by atoms with E-state index in [0.717, 1.165) is 43.5 Å². The van der Waals surface area contributed by atoms with Crippen molar-refractivity contribution < 1.29 is 109 Å². The molecule has 0 spiro atoms. The number of aliphatic hydroxyl groups excluding tert-OH is 7. The maximum Gasteiger partial charge on any atom is 0.286 e. The zero-order valence-electron chi connectivity index (χ0n) is 81.3. The highest BCUT2D eigenvalue weighted by atomic mass is 32.2. The Bertz CT molecular complexity index is 7040. The molecule has 0 aliphatic heterocycles. The quantitative estimate of drug-likeness (QED) is 0.0162. The Morgan fingerprint density at radius 2 is 0.517 bits per heavy atom. The molecule has 44 heteroatoms. The number of rotatable bonds is 36. The lowest BCUT2D eigenvalue weighted by Crippen LogP contribution is -2.35. The second-order valence-electron chi connectivity index (χ2n) is 38.0. The molecule has 5 aliphatic carbocycles. The van der Waals surface area contributed by atoms with E-state index in [1.54, 1.807) is 117 Å². The Morgan fingerprint density at radius 1 is 0.308 bits per heavy atom. The van der Waals surface area contributed by atoms with E-state index in [2.05, 4.69) is 23.6 Å². The summed E-state index contributed by atoms with van der Waals surface area (Å²) in [5.74, 6) is -4.46. The monoisotopic (exact) mass is 2090 g/mol. The van der Waals surface area contributed by atoms with Gasteiger partial charge in [0.1, 0.15) is 29.1 Å². The molecule has 15 rings (SSSR count).